The lowest BCUT2D eigenvalue weighted by Gasteiger charge is -2.32. The van der Waals surface area contributed by atoms with Gasteiger partial charge in [0.25, 0.3) is 0 Å². The zero-order chi connectivity index (χ0) is 13.2. The summed E-state index contributed by atoms with van der Waals surface area (Å²) in [4.78, 5) is 2.47. The molecular formula is C13H20N6. The van der Waals surface area contributed by atoms with E-state index in [1.165, 1.54) is 19.4 Å². The molecular weight excluding hydrogens is 240 g/mol. The van der Waals surface area contributed by atoms with E-state index in [0.717, 1.165) is 29.8 Å². The van der Waals surface area contributed by atoms with Crippen LogP contribution in [-0.2, 0) is 7.05 Å². The van der Waals surface area contributed by atoms with Crippen molar-refractivity contribution >= 4 is 16.7 Å². The SMILES string of the molecule is CCN1CCC[C@@H](Nc2nncc3c2cnn3C)C1. The molecule has 3 rings (SSSR count). The van der Waals surface area contributed by atoms with Gasteiger partial charge in [-0.15, -0.1) is 5.10 Å². The highest BCUT2D eigenvalue weighted by atomic mass is 15.3. The Balaban J connectivity index is 1.81. The molecule has 1 fully saturated rings. The summed E-state index contributed by atoms with van der Waals surface area (Å²) in [5.41, 5.74) is 1.01. The maximum Gasteiger partial charge on any atom is 0.160 e. The van der Waals surface area contributed by atoms with Crippen molar-refractivity contribution in [1.29, 1.82) is 0 Å². The summed E-state index contributed by atoms with van der Waals surface area (Å²) in [7, 11) is 1.92. The predicted molar refractivity (Wildman–Crippen MR) is 75.1 cm³/mol. The Morgan fingerprint density at radius 2 is 2.32 bits per heavy atom. The fourth-order valence-electron chi connectivity index (χ4n) is 2.74. The maximum absolute atomic E-state index is 4.27. The van der Waals surface area contributed by atoms with Crippen LogP contribution in [-0.4, -0.2) is 50.6 Å². The van der Waals surface area contributed by atoms with Gasteiger partial charge in [-0.05, 0) is 25.9 Å². The van der Waals surface area contributed by atoms with Gasteiger partial charge in [0.05, 0.1) is 23.3 Å². The zero-order valence-electron chi connectivity index (χ0n) is 11.5. The molecule has 0 bridgehead atoms. The van der Waals surface area contributed by atoms with E-state index < -0.39 is 0 Å². The lowest BCUT2D eigenvalue weighted by molar-refractivity contribution is 0.226. The molecule has 1 N–H and O–H groups in total. The van der Waals surface area contributed by atoms with E-state index in [0.29, 0.717) is 6.04 Å². The zero-order valence-corrected chi connectivity index (χ0v) is 11.5. The number of aryl methyl sites for hydroxylation is 1. The van der Waals surface area contributed by atoms with Gasteiger partial charge in [-0.3, -0.25) is 4.68 Å². The lowest BCUT2D eigenvalue weighted by Crippen LogP contribution is -2.42. The molecule has 0 saturated carbocycles. The van der Waals surface area contributed by atoms with E-state index in [1.54, 1.807) is 6.20 Å². The van der Waals surface area contributed by atoms with E-state index in [9.17, 15) is 0 Å². The fourth-order valence-corrected chi connectivity index (χ4v) is 2.74. The molecule has 102 valence electrons. The highest BCUT2D eigenvalue weighted by Crippen LogP contribution is 2.21. The second-order valence-electron chi connectivity index (χ2n) is 5.14. The molecule has 2 aromatic rings. The van der Waals surface area contributed by atoms with Gasteiger partial charge in [-0.1, -0.05) is 6.92 Å². The number of anilines is 1. The Morgan fingerprint density at radius 3 is 3.16 bits per heavy atom. The summed E-state index contributed by atoms with van der Waals surface area (Å²) in [6.45, 7) is 5.61. The summed E-state index contributed by atoms with van der Waals surface area (Å²) in [5.74, 6) is 0.855. The molecule has 0 unspecified atom stereocenters. The molecule has 0 aromatic carbocycles. The minimum absolute atomic E-state index is 0.453. The number of nitrogens with zero attached hydrogens (tertiary/aromatic N) is 5. The normalized spacial score (nSPS) is 20.8. The van der Waals surface area contributed by atoms with Gasteiger partial charge in [-0.25, -0.2) is 0 Å². The standard InChI is InChI=1S/C13H20N6/c1-3-19-6-4-5-10(9-19)16-13-11-7-15-18(2)12(11)8-14-17-13/h7-8,10H,3-6,9H2,1-2H3,(H,16,17)/t10-/m1/s1. The Hall–Kier alpha value is -1.69. The fraction of sp³-hybridized carbons (Fsp3) is 0.615. The van der Waals surface area contributed by atoms with Crippen molar-refractivity contribution in [3.05, 3.63) is 12.4 Å². The molecule has 19 heavy (non-hydrogen) atoms. The number of hydrogen-bond donors (Lipinski definition) is 1. The summed E-state index contributed by atoms with van der Waals surface area (Å²) in [6.07, 6.45) is 6.04. The van der Waals surface area contributed by atoms with Crippen LogP contribution in [0.4, 0.5) is 5.82 Å². The monoisotopic (exact) mass is 260 g/mol. The molecule has 1 aliphatic rings. The number of likely N-dealkylation sites (N-methyl/N-ethyl adjacent to an activating group) is 1. The number of rotatable bonds is 3. The van der Waals surface area contributed by atoms with E-state index in [2.05, 4.69) is 32.4 Å². The quantitative estimate of drug-likeness (QED) is 0.900. The van der Waals surface area contributed by atoms with Crippen LogP contribution < -0.4 is 5.32 Å². The van der Waals surface area contributed by atoms with E-state index in [1.807, 2.05) is 17.9 Å². The highest BCUT2D eigenvalue weighted by Gasteiger charge is 2.20. The minimum Gasteiger partial charge on any atom is -0.364 e. The van der Waals surface area contributed by atoms with Crippen LogP contribution in [0.15, 0.2) is 12.4 Å². The van der Waals surface area contributed by atoms with Gasteiger partial charge in [0.15, 0.2) is 5.82 Å². The molecule has 0 aliphatic carbocycles. The molecule has 2 aromatic heterocycles. The van der Waals surface area contributed by atoms with E-state index in [4.69, 9.17) is 0 Å². The summed E-state index contributed by atoms with van der Waals surface area (Å²) in [5, 5.41) is 17.1. The van der Waals surface area contributed by atoms with Crippen LogP contribution in [0.3, 0.4) is 0 Å². The Labute approximate surface area is 112 Å². The lowest BCUT2D eigenvalue weighted by atomic mass is 10.1. The van der Waals surface area contributed by atoms with Crippen LogP contribution in [0.1, 0.15) is 19.8 Å². The van der Waals surface area contributed by atoms with Gasteiger partial charge in [0.1, 0.15) is 0 Å². The Bertz CT molecular complexity index is 563. The molecule has 0 radical (unpaired) electrons. The maximum atomic E-state index is 4.27. The summed E-state index contributed by atoms with van der Waals surface area (Å²) in [6, 6.07) is 0.453. The largest absolute Gasteiger partial charge is 0.364 e. The van der Waals surface area contributed by atoms with Gasteiger partial charge >= 0.3 is 0 Å². The van der Waals surface area contributed by atoms with Crippen LogP contribution in [0, 0.1) is 0 Å². The van der Waals surface area contributed by atoms with Crippen molar-refractivity contribution in [3.63, 3.8) is 0 Å². The first-order chi connectivity index (χ1) is 9.28. The summed E-state index contributed by atoms with van der Waals surface area (Å²) >= 11 is 0. The highest BCUT2D eigenvalue weighted by molar-refractivity contribution is 5.88. The van der Waals surface area contributed by atoms with Crippen molar-refractivity contribution in [3.8, 4) is 0 Å². The molecule has 6 heteroatoms. The van der Waals surface area contributed by atoms with Crippen molar-refractivity contribution in [2.45, 2.75) is 25.8 Å². The van der Waals surface area contributed by atoms with E-state index in [-0.39, 0.29) is 0 Å². The third kappa shape index (κ3) is 2.40. The predicted octanol–water partition coefficient (Wildman–Crippen LogP) is 1.26. The van der Waals surface area contributed by atoms with Crippen LogP contribution in [0.2, 0.25) is 0 Å². The first-order valence-corrected chi connectivity index (χ1v) is 6.90. The molecule has 0 spiro atoms. The number of piperidine rings is 1. The average Bonchev–Trinajstić information content (AvgIpc) is 2.82. The number of aromatic nitrogens is 4. The number of nitrogens with one attached hydrogen (secondary N) is 1. The van der Waals surface area contributed by atoms with Crippen LogP contribution in [0.5, 0.6) is 0 Å². The smallest absolute Gasteiger partial charge is 0.160 e. The molecule has 3 heterocycles. The summed E-state index contributed by atoms with van der Waals surface area (Å²) < 4.78 is 1.83. The van der Waals surface area contributed by atoms with E-state index >= 15 is 0 Å². The third-order valence-electron chi connectivity index (χ3n) is 3.87. The molecule has 1 saturated heterocycles. The first kappa shape index (κ1) is 12.3. The second-order valence-corrected chi connectivity index (χ2v) is 5.14. The van der Waals surface area contributed by atoms with Crippen molar-refractivity contribution < 1.29 is 0 Å². The van der Waals surface area contributed by atoms with Gasteiger partial charge in [0, 0.05) is 19.6 Å². The average molecular weight is 260 g/mol. The van der Waals surface area contributed by atoms with Gasteiger partial charge < -0.3 is 10.2 Å². The van der Waals surface area contributed by atoms with Crippen LogP contribution in [0.25, 0.3) is 10.9 Å². The Kier molecular flexibility index (Phi) is 3.33. The molecule has 6 nitrogen and oxygen atoms in total. The van der Waals surface area contributed by atoms with Crippen LogP contribution >= 0.6 is 0 Å². The number of likely N-dealkylation sites (tertiary alicyclic amines) is 1. The first-order valence-electron chi connectivity index (χ1n) is 6.90. The van der Waals surface area contributed by atoms with Crippen molar-refractivity contribution in [2.24, 2.45) is 7.05 Å². The third-order valence-corrected chi connectivity index (χ3v) is 3.87. The number of hydrogen-bond acceptors (Lipinski definition) is 5. The molecule has 1 aliphatic heterocycles. The van der Waals surface area contributed by atoms with Gasteiger partial charge in [-0.2, -0.15) is 10.2 Å². The topological polar surface area (TPSA) is 58.9 Å². The second kappa shape index (κ2) is 5.13. The van der Waals surface area contributed by atoms with Crippen molar-refractivity contribution in [1.82, 2.24) is 24.9 Å². The van der Waals surface area contributed by atoms with Crippen molar-refractivity contribution in [2.75, 3.05) is 25.0 Å². The molecule has 1 atom stereocenters. The minimum atomic E-state index is 0.453. The molecule has 0 amide bonds. The van der Waals surface area contributed by atoms with Gasteiger partial charge in [0.2, 0.25) is 0 Å². The Morgan fingerprint density at radius 1 is 1.42 bits per heavy atom. The number of fused-ring (bicyclic) bond motifs is 1.